The van der Waals surface area contributed by atoms with Crippen molar-refractivity contribution in [3.05, 3.63) is 76.8 Å². The van der Waals surface area contributed by atoms with Crippen LogP contribution in [-0.4, -0.2) is 16.8 Å². The van der Waals surface area contributed by atoms with E-state index in [1.807, 2.05) is 0 Å². The lowest BCUT2D eigenvalue weighted by Gasteiger charge is -2.06. The van der Waals surface area contributed by atoms with Crippen LogP contribution in [0.1, 0.15) is 17.7 Å². The number of nitrogens with zero attached hydrogens (tertiary/aromatic N) is 1. The zero-order chi connectivity index (χ0) is 19.9. The molecule has 2 aromatic carbocycles. The molecule has 2 N–H and O–H groups in total. The van der Waals surface area contributed by atoms with Gasteiger partial charge >= 0.3 is 0 Å². The lowest BCUT2D eigenvalue weighted by Crippen LogP contribution is -2.42. The third-order valence-electron chi connectivity index (χ3n) is 3.88. The van der Waals surface area contributed by atoms with Crippen LogP contribution in [0.25, 0.3) is 10.6 Å². The Morgan fingerprint density at radius 2 is 1.50 bits per heavy atom. The van der Waals surface area contributed by atoms with Crippen molar-refractivity contribution in [2.75, 3.05) is 0 Å². The minimum Gasteiger partial charge on any atom is -0.273 e. The molecule has 3 rings (SSSR count). The predicted octanol–water partition coefficient (Wildman–Crippen LogP) is 3.41. The largest absolute Gasteiger partial charge is 0.273 e. The molecule has 144 valence electrons. The Kier molecular flexibility index (Phi) is 6.44. The number of rotatable bonds is 6. The van der Waals surface area contributed by atoms with Crippen LogP contribution in [0.4, 0.5) is 8.78 Å². The van der Waals surface area contributed by atoms with Crippen LogP contribution < -0.4 is 10.9 Å². The summed E-state index contributed by atoms with van der Waals surface area (Å²) in [6.45, 7) is 0. The highest BCUT2D eigenvalue weighted by atomic mass is 32.1. The molecule has 0 aliphatic carbocycles. The van der Waals surface area contributed by atoms with Crippen LogP contribution in [0.2, 0.25) is 0 Å². The average molecular weight is 401 g/mol. The van der Waals surface area contributed by atoms with Crippen molar-refractivity contribution in [1.82, 2.24) is 15.8 Å². The summed E-state index contributed by atoms with van der Waals surface area (Å²) in [6.07, 6.45) is 0.613. The number of aromatic nitrogens is 1. The summed E-state index contributed by atoms with van der Waals surface area (Å²) in [5.74, 6) is -1.39. The lowest BCUT2D eigenvalue weighted by atomic mass is 10.1. The van der Waals surface area contributed by atoms with Gasteiger partial charge < -0.3 is 0 Å². The number of aryl methyl sites for hydroxylation is 1. The minimum absolute atomic E-state index is 0.00986. The molecule has 0 saturated carbocycles. The van der Waals surface area contributed by atoms with E-state index >= 15 is 0 Å². The monoisotopic (exact) mass is 401 g/mol. The number of hydrogen-bond donors (Lipinski definition) is 2. The number of benzene rings is 2. The van der Waals surface area contributed by atoms with Gasteiger partial charge in [-0.1, -0.05) is 12.1 Å². The number of hydrogen-bond acceptors (Lipinski definition) is 4. The molecule has 5 nitrogen and oxygen atoms in total. The molecule has 28 heavy (non-hydrogen) atoms. The molecular weight excluding hydrogens is 384 g/mol. The van der Waals surface area contributed by atoms with E-state index in [4.69, 9.17) is 0 Å². The fraction of sp³-hybridized carbons (Fsp3) is 0.150. The Labute approximate surface area is 164 Å². The first-order valence-electron chi connectivity index (χ1n) is 8.52. The molecule has 0 aliphatic rings. The molecule has 0 bridgehead atoms. The molecule has 0 spiro atoms. The SMILES string of the molecule is O=C(CCc1ccc(F)cc1)NNC(=O)Cc1csc(-c2ccc(F)cc2)n1. The van der Waals surface area contributed by atoms with Crippen LogP contribution >= 0.6 is 11.3 Å². The van der Waals surface area contributed by atoms with Gasteiger partial charge in [-0.2, -0.15) is 0 Å². The Balaban J connectivity index is 1.43. The van der Waals surface area contributed by atoms with Crippen molar-refractivity contribution in [3.8, 4) is 10.6 Å². The van der Waals surface area contributed by atoms with E-state index in [-0.39, 0.29) is 30.4 Å². The lowest BCUT2D eigenvalue weighted by molar-refractivity contribution is -0.128. The van der Waals surface area contributed by atoms with Gasteiger partial charge in [-0.3, -0.25) is 20.4 Å². The normalized spacial score (nSPS) is 10.5. The molecule has 0 radical (unpaired) electrons. The van der Waals surface area contributed by atoms with Crippen LogP contribution in [0.3, 0.4) is 0 Å². The van der Waals surface area contributed by atoms with E-state index in [0.29, 0.717) is 17.1 Å². The Bertz CT molecular complexity index is 956. The van der Waals surface area contributed by atoms with Crippen molar-refractivity contribution < 1.29 is 18.4 Å². The van der Waals surface area contributed by atoms with Crippen LogP contribution in [0.15, 0.2) is 53.9 Å². The summed E-state index contributed by atoms with van der Waals surface area (Å²) in [7, 11) is 0. The second kappa shape index (κ2) is 9.18. The number of halogens is 2. The van der Waals surface area contributed by atoms with Gasteiger partial charge in [0, 0.05) is 17.4 Å². The molecule has 0 saturated heterocycles. The number of amides is 2. The molecule has 1 aromatic heterocycles. The van der Waals surface area contributed by atoms with Crippen LogP contribution in [-0.2, 0) is 22.4 Å². The zero-order valence-electron chi connectivity index (χ0n) is 14.7. The third kappa shape index (κ3) is 5.68. The second-order valence-electron chi connectivity index (χ2n) is 6.05. The maximum absolute atomic E-state index is 13.0. The summed E-state index contributed by atoms with van der Waals surface area (Å²) in [4.78, 5) is 28.1. The standard InChI is InChI=1S/C20H17F2N3O2S/c21-15-6-1-13(2-7-15)3-10-18(26)24-25-19(27)11-17-12-28-20(23-17)14-4-8-16(22)9-5-14/h1-2,4-9,12H,3,10-11H2,(H,24,26)(H,25,27). The highest BCUT2D eigenvalue weighted by Crippen LogP contribution is 2.24. The number of nitrogens with one attached hydrogen (secondary N) is 2. The third-order valence-corrected chi connectivity index (χ3v) is 4.82. The molecule has 0 aliphatic heterocycles. The summed E-state index contributed by atoms with van der Waals surface area (Å²) in [6, 6.07) is 11.9. The Hall–Kier alpha value is -3.13. The molecule has 3 aromatic rings. The van der Waals surface area contributed by atoms with Gasteiger partial charge in [-0.25, -0.2) is 13.8 Å². The van der Waals surface area contributed by atoms with Gasteiger partial charge in [0.15, 0.2) is 0 Å². The topological polar surface area (TPSA) is 71.1 Å². The Morgan fingerprint density at radius 1 is 0.893 bits per heavy atom. The maximum atomic E-state index is 13.0. The number of hydrazine groups is 1. The van der Waals surface area contributed by atoms with Gasteiger partial charge in [0.05, 0.1) is 12.1 Å². The van der Waals surface area contributed by atoms with Crippen LogP contribution in [0, 0.1) is 11.6 Å². The van der Waals surface area contributed by atoms with Crippen molar-refractivity contribution in [2.45, 2.75) is 19.3 Å². The molecule has 2 amide bonds. The molecule has 0 atom stereocenters. The quantitative estimate of drug-likeness (QED) is 0.622. The van der Waals surface area contributed by atoms with Gasteiger partial charge in [-0.15, -0.1) is 11.3 Å². The second-order valence-corrected chi connectivity index (χ2v) is 6.91. The van der Waals surface area contributed by atoms with Gasteiger partial charge in [-0.05, 0) is 48.4 Å². The molecule has 1 heterocycles. The van der Waals surface area contributed by atoms with Crippen molar-refractivity contribution in [3.63, 3.8) is 0 Å². The number of carbonyl (C=O) groups is 2. The van der Waals surface area contributed by atoms with E-state index in [1.54, 1.807) is 29.6 Å². The summed E-state index contributed by atoms with van der Waals surface area (Å²) >= 11 is 1.35. The molecule has 0 unspecified atom stereocenters. The fourth-order valence-corrected chi connectivity index (χ4v) is 3.26. The highest BCUT2D eigenvalue weighted by molar-refractivity contribution is 7.13. The summed E-state index contributed by atoms with van der Waals surface area (Å²) in [5, 5.41) is 2.43. The first-order valence-corrected chi connectivity index (χ1v) is 9.40. The Morgan fingerprint density at radius 3 is 2.18 bits per heavy atom. The van der Waals surface area contributed by atoms with Gasteiger partial charge in [0.2, 0.25) is 11.8 Å². The minimum atomic E-state index is -0.397. The van der Waals surface area contributed by atoms with E-state index in [2.05, 4.69) is 15.8 Å². The predicted molar refractivity (Wildman–Crippen MR) is 102 cm³/mol. The maximum Gasteiger partial charge on any atom is 0.244 e. The molecule has 8 heteroatoms. The highest BCUT2D eigenvalue weighted by Gasteiger charge is 2.10. The molecule has 0 fully saturated rings. The van der Waals surface area contributed by atoms with E-state index in [1.165, 1.54) is 35.6 Å². The zero-order valence-corrected chi connectivity index (χ0v) is 15.6. The number of carbonyl (C=O) groups excluding carboxylic acids is 2. The van der Waals surface area contributed by atoms with Crippen LogP contribution in [0.5, 0.6) is 0 Å². The van der Waals surface area contributed by atoms with E-state index in [0.717, 1.165) is 11.1 Å². The van der Waals surface area contributed by atoms with E-state index < -0.39 is 5.91 Å². The van der Waals surface area contributed by atoms with Crippen molar-refractivity contribution in [2.24, 2.45) is 0 Å². The number of thiazole rings is 1. The fourth-order valence-electron chi connectivity index (χ4n) is 2.43. The molecular formula is C20H17F2N3O2S. The first kappa shape index (κ1) is 19.6. The van der Waals surface area contributed by atoms with Gasteiger partial charge in [0.1, 0.15) is 16.6 Å². The van der Waals surface area contributed by atoms with E-state index in [9.17, 15) is 18.4 Å². The average Bonchev–Trinajstić information content (AvgIpc) is 3.15. The van der Waals surface area contributed by atoms with Crippen molar-refractivity contribution in [1.29, 1.82) is 0 Å². The smallest absolute Gasteiger partial charge is 0.244 e. The summed E-state index contributed by atoms with van der Waals surface area (Å²) in [5.41, 5.74) is 6.86. The van der Waals surface area contributed by atoms with Gasteiger partial charge in [0.25, 0.3) is 0 Å². The first-order chi connectivity index (χ1) is 13.5. The van der Waals surface area contributed by atoms with Crippen molar-refractivity contribution >= 4 is 23.2 Å². The summed E-state index contributed by atoms with van der Waals surface area (Å²) < 4.78 is 25.8.